The normalized spacial score (nSPS) is 45.0. The number of hydrogen-bond donors (Lipinski definition) is 0. The van der Waals surface area contributed by atoms with E-state index in [1.807, 2.05) is 0 Å². The molecule has 0 aromatic heterocycles. The molecule has 1 nitrogen and oxygen atoms in total. The lowest BCUT2D eigenvalue weighted by Crippen LogP contribution is -2.25. The van der Waals surface area contributed by atoms with Crippen molar-refractivity contribution in [3.63, 3.8) is 0 Å². The van der Waals surface area contributed by atoms with Crippen molar-refractivity contribution >= 4 is 22.6 Å². The maximum atomic E-state index is 5.54. The van der Waals surface area contributed by atoms with E-state index in [2.05, 4.69) is 36.4 Å². The summed E-state index contributed by atoms with van der Waals surface area (Å²) < 4.78 is 6.00. The molecule has 3 atom stereocenters. The monoisotopic (exact) mass is 240 g/mol. The summed E-state index contributed by atoms with van der Waals surface area (Å²) in [6.07, 6.45) is 2.94. The van der Waals surface area contributed by atoms with Gasteiger partial charge in [0.1, 0.15) is 4.11 Å². The van der Waals surface area contributed by atoms with Crippen molar-refractivity contribution in [2.45, 2.75) is 36.9 Å². The second-order valence-corrected chi connectivity index (χ2v) is 4.32. The molecule has 1 aliphatic heterocycles. The molecule has 0 bridgehead atoms. The van der Waals surface area contributed by atoms with Crippen LogP contribution in [0, 0.1) is 5.92 Å². The van der Waals surface area contributed by atoms with E-state index in [0.29, 0.717) is 10.2 Å². The minimum atomic E-state index is 0.460. The molecular weight excluding hydrogens is 227 g/mol. The van der Waals surface area contributed by atoms with Gasteiger partial charge in [0, 0.05) is 0 Å². The highest BCUT2D eigenvalue weighted by Crippen LogP contribution is 2.27. The summed E-state index contributed by atoms with van der Waals surface area (Å²) in [5, 5.41) is 0. The van der Waals surface area contributed by atoms with E-state index >= 15 is 0 Å². The molecular formula is C7H13IO. The zero-order valence-corrected chi connectivity index (χ0v) is 8.09. The van der Waals surface area contributed by atoms with Gasteiger partial charge < -0.3 is 4.74 Å². The van der Waals surface area contributed by atoms with Gasteiger partial charge in [-0.2, -0.15) is 0 Å². The molecule has 9 heavy (non-hydrogen) atoms. The number of hydrogen-bond acceptors (Lipinski definition) is 1. The molecule has 0 spiro atoms. The molecule has 1 heterocycles. The Morgan fingerprint density at radius 3 is 2.44 bits per heavy atom. The topological polar surface area (TPSA) is 9.23 Å². The first-order valence-corrected chi connectivity index (χ1v) is 4.72. The number of halogens is 1. The van der Waals surface area contributed by atoms with Gasteiger partial charge in [-0.05, 0) is 25.7 Å². The molecule has 0 aromatic carbocycles. The maximum Gasteiger partial charge on any atom is 0.109 e. The summed E-state index contributed by atoms with van der Waals surface area (Å²) in [7, 11) is 0. The van der Waals surface area contributed by atoms with Crippen LogP contribution in [0.4, 0.5) is 0 Å². The second-order valence-electron chi connectivity index (χ2n) is 2.93. The summed E-state index contributed by atoms with van der Waals surface area (Å²) in [4.78, 5) is 0. The Hall–Kier alpha value is 0.690. The number of rotatable bonds is 0. The summed E-state index contributed by atoms with van der Waals surface area (Å²) in [5.74, 6) is 0.857. The van der Waals surface area contributed by atoms with Gasteiger partial charge in [0.2, 0.25) is 0 Å². The molecule has 1 rings (SSSR count). The maximum absolute atomic E-state index is 5.54. The van der Waals surface area contributed by atoms with Gasteiger partial charge in [-0.15, -0.1) is 0 Å². The Morgan fingerprint density at radius 2 is 2.00 bits per heavy atom. The van der Waals surface area contributed by atoms with Crippen molar-refractivity contribution in [3.8, 4) is 0 Å². The summed E-state index contributed by atoms with van der Waals surface area (Å²) >= 11 is 2.36. The van der Waals surface area contributed by atoms with Crippen LogP contribution in [0.15, 0.2) is 0 Å². The van der Waals surface area contributed by atoms with Crippen LogP contribution in [0.2, 0.25) is 0 Å². The van der Waals surface area contributed by atoms with Gasteiger partial charge in [0.15, 0.2) is 0 Å². The molecule has 0 aliphatic carbocycles. The standard InChI is InChI=1S/C7H13IO/c1-5-3-6(2)9-7(8)4-5/h5-7H,3-4H2,1-2H3/t5-,6+,7-/m1/s1. The van der Waals surface area contributed by atoms with Crippen LogP contribution in [0.25, 0.3) is 0 Å². The van der Waals surface area contributed by atoms with Crippen molar-refractivity contribution in [2.75, 3.05) is 0 Å². The first kappa shape index (κ1) is 7.79. The van der Waals surface area contributed by atoms with Crippen molar-refractivity contribution < 1.29 is 4.74 Å². The molecule has 1 fully saturated rings. The summed E-state index contributed by atoms with van der Waals surface area (Å²) in [6, 6.07) is 0. The zero-order chi connectivity index (χ0) is 6.85. The van der Waals surface area contributed by atoms with Crippen molar-refractivity contribution in [1.82, 2.24) is 0 Å². The minimum Gasteiger partial charge on any atom is -0.365 e. The van der Waals surface area contributed by atoms with Gasteiger partial charge in [-0.25, -0.2) is 0 Å². The highest BCUT2D eigenvalue weighted by atomic mass is 127. The molecule has 0 radical (unpaired) electrons. The predicted octanol–water partition coefficient (Wildman–Crippen LogP) is 2.58. The highest BCUT2D eigenvalue weighted by molar-refractivity contribution is 14.1. The lowest BCUT2D eigenvalue weighted by Gasteiger charge is -2.28. The summed E-state index contributed by atoms with van der Waals surface area (Å²) in [6.45, 7) is 4.45. The molecule has 0 amide bonds. The van der Waals surface area contributed by atoms with Gasteiger partial charge in [-0.3, -0.25) is 0 Å². The lowest BCUT2D eigenvalue weighted by atomic mass is 9.99. The zero-order valence-electron chi connectivity index (χ0n) is 5.93. The Labute approximate surface area is 70.3 Å². The highest BCUT2D eigenvalue weighted by Gasteiger charge is 2.21. The third-order valence-electron chi connectivity index (χ3n) is 1.70. The molecule has 1 saturated heterocycles. The van der Waals surface area contributed by atoms with E-state index in [1.54, 1.807) is 0 Å². The molecule has 1 aliphatic rings. The van der Waals surface area contributed by atoms with Gasteiger partial charge in [-0.1, -0.05) is 29.5 Å². The Morgan fingerprint density at radius 1 is 1.33 bits per heavy atom. The molecule has 0 saturated carbocycles. The SMILES string of the molecule is C[C@@H]1C[C@H](C)O[C@@H](I)C1. The van der Waals surface area contributed by atoms with E-state index in [4.69, 9.17) is 4.74 Å². The quantitative estimate of drug-likeness (QED) is 0.467. The molecule has 54 valence electrons. The van der Waals surface area contributed by atoms with Crippen molar-refractivity contribution in [2.24, 2.45) is 5.92 Å². The van der Waals surface area contributed by atoms with Crippen molar-refractivity contribution in [1.29, 1.82) is 0 Å². The van der Waals surface area contributed by atoms with E-state index in [1.165, 1.54) is 12.8 Å². The van der Waals surface area contributed by atoms with Gasteiger partial charge >= 0.3 is 0 Å². The second kappa shape index (κ2) is 3.19. The first-order valence-electron chi connectivity index (χ1n) is 3.48. The van der Waals surface area contributed by atoms with Crippen LogP contribution in [-0.2, 0) is 4.74 Å². The fourth-order valence-electron chi connectivity index (χ4n) is 1.34. The smallest absolute Gasteiger partial charge is 0.109 e. The molecule has 2 heteroatoms. The van der Waals surface area contributed by atoms with Crippen LogP contribution in [0.3, 0.4) is 0 Å². The Bertz CT molecular complexity index is 69.9. The number of ether oxygens (including phenoxy) is 1. The van der Waals surface area contributed by atoms with Crippen LogP contribution >= 0.6 is 22.6 Å². The molecule has 0 unspecified atom stereocenters. The molecule has 0 aromatic rings. The van der Waals surface area contributed by atoms with Gasteiger partial charge in [0.25, 0.3) is 0 Å². The van der Waals surface area contributed by atoms with Crippen LogP contribution in [0.5, 0.6) is 0 Å². The minimum absolute atomic E-state index is 0.460. The van der Waals surface area contributed by atoms with Gasteiger partial charge in [0.05, 0.1) is 6.10 Å². The lowest BCUT2D eigenvalue weighted by molar-refractivity contribution is -0.00429. The molecule has 0 N–H and O–H groups in total. The summed E-state index contributed by atoms with van der Waals surface area (Å²) in [5.41, 5.74) is 0. The largest absolute Gasteiger partial charge is 0.365 e. The van der Waals surface area contributed by atoms with E-state index in [9.17, 15) is 0 Å². The average Bonchev–Trinajstić information content (AvgIpc) is 1.59. The average molecular weight is 240 g/mol. The van der Waals surface area contributed by atoms with E-state index in [-0.39, 0.29) is 0 Å². The Balaban J connectivity index is 2.34. The van der Waals surface area contributed by atoms with Crippen LogP contribution in [-0.4, -0.2) is 10.2 Å². The third-order valence-corrected chi connectivity index (χ3v) is 2.50. The third kappa shape index (κ3) is 2.42. The van der Waals surface area contributed by atoms with Crippen molar-refractivity contribution in [3.05, 3.63) is 0 Å². The van der Waals surface area contributed by atoms with Crippen LogP contribution < -0.4 is 0 Å². The first-order chi connectivity index (χ1) is 4.18. The van der Waals surface area contributed by atoms with E-state index < -0.39 is 0 Å². The fourth-order valence-corrected chi connectivity index (χ4v) is 2.71. The van der Waals surface area contributed by atoms with Crippen LogP contribution in [0.1, 0.15) is 26.7 Å². The Kier molecular flexibility index (Phi) is 2.76. The van der Waals surface area contributed by atoms with E-state index in [0.717, 1.165) is 5.92 Å². The fraction of sp³-hybridized carbons (Fsp3) is 1.00. The number of alkyl halides is 1. The predicted molar refractivity (Wildman–Crippen MR) is 46.8 cm³/mol.